The summed E-state index contributed by atoms with van der Waals surface area (Å²) in [5, 5.41) is 3.38. The molecule has 0 aliphatic carbocycles. The van der Waals surface area contributed by atoms with Gasteiger partial charge in [0.05, 0.1) is 0 Å². The molecule has 0 bridgehead atoms. The topological polar surface area (TPSA) is 50.9 Å². The second-order valence-corrected chi connectivity index (χ2v) is 6.36. The van der Waals surface area contributed by atoms with Crippen LogP contribution in [0.25, 0.3) is 0 Å². The Hall–Kier alpha value is -0.900. The number of thioether (sulfide) groups is 1. The Balaban J connectivity index is 1.96. The molecule has 0 radical (unpaired) electrons. The van der Waals surface area contributed by atoms with Gasteiger partial charge < -0.3 is 11.1 Å². The maximum atomic E-state index is 5.85. The molecule has 2 rings (SSSR count). The molecule has 16 heavy (non-hydrogen) atoms. The van der Waals surface area contributed by atoms with E-state index in [2.05, 4.69) is 17.2 Å². The fourth-order valence-corrected chi connectivity index (χ4v) is 3.13. The standard InChI is InChI=1S/C12H19N3S/c1-9-7-14-11(6-10(9)13)15-8-12(2)4-3-5-16-12/h6-7H,3-5,8H2,1-2H3,(H3,13,14,15). The van der Waals surface area contributed by atoms with Crippen LogP contribution in [0.5, 0.6) is 0 Å². The van der Waals surface area contributed by atoms with Crippen molar-refractivity contribution in [3.05, 3.63) is 17.8 Å². The van der Waals surface area contributed by atoms with Crippen molar-refractivity contribution in [2.45, 2.75) is 31.4 Å². The predicted octanol–water partition coefficient (Wildman–Crippen LogP) is 2.67. The van der Waals surface area contributed by atoms with Crippen LogP contribution in [-0.2, 0) is 0 Å². The summed E-state index contributed by atoms with van der Waals surface area (Å²) in [5.41, 5.74) is 7.69. The Bertz CT molecular complexity index is 373. The van der Waals surface area contributed by atoms with Gasteiger partial charge in [0.2, 0.25) is 0 Å². The summed E-state index contributed by atoms with van der Waals surface area (Å²) >= 11 is 2.05. The number of aryl methyl sites for hydroxylation is 1. The van der Waals surface area contributed by atoms with Gasteiger partial charge in [0, 0.05) is 29.2 Å². The lowest BCUT2D eigenvalue weighted by atomic mass is 10.1. The average molecular weight is 237 g/mol. The number of hydrogen-bond acceptors (Lipinski definition) is 4. The SMILES string of the molecule is Cc1cnc(NCC2(C)CCCS2)cc1N. The number of pyridine rings is 1. The van der Waals surface area contributed by atoms with E-state index in [0.717, 1.165) is 23.6 Å². The molecule has 0 spiro atoms. The zero-order valence-corrected chi connectivity index (χ0v) is 10.7. The number of nitrogen functional groups attached to an aromatic ring is 1. The summed E-state index contributed by atoms with van der Waals surface area (Å²) in [5.74, 6) is 2.17. The highest BCUT2D eigenvalue weighted by molar-refractivity contribution is 8.00. The molecule has 0 aromatic carbocycles. The van der Waals surface area contributed by atoms with Gasteiger partial charge in [0.1, 0.15) is 5.82 Å². The van der Waals surface area contributed by atoms with Crippen LogP contribution < -0.4 is 11.1 Å². The van der Waals surface area contributed by atoms with E-state index in [1.54, 1.807) is 0 Å². The number of nitrogens with zero attached hydrogens (tertiary/aromatic N) is 1. The Morgan fingerprint density at radius 1 is 1.62 bits per heavy atom. The molecular formula is C12H19N3S. The lowest BCUT2D eigenvalue weighted by Gasteiger charge is -2.23. The summed E-state index contributed by atoms with van der Waals surface area (Å²) in [7, 11) is 0. The van der Waals surface area contributed by atoms with Gasteiger partial charge in [-0.05, 0) is 38.0 Å². The van der Waals surface area contributed by atoms with Crippen molar-refractivity contribution >= 4 is 23.3 Å². The summed E-state index contributed by atoms with van der Waals surface area (Å²) < 4.78 is 0.362. The molecule has 1 aromatic heterocycles. The van der Waals surface area contributed by atoms with E-state index in [1.807, 2.05) is 30.9 Å². The molecule has 88 valence electrons. The quantitative estimate of drug-likeness (QED) is 0.848. The van der Waals surface area contributed by atoms with Crippen LogP contribution in [-0.4, -0.2) is 22.0 Å². The first-order valence-electron chi connectivity index (χ1n) is 5.69. The third-order valence-corrected chi connectivity index (χ3v) is 4.63. The molecule has 4 heteroatoms. The largest absolute Gasteiger partial charge is 0.398 e. The second kappa shape index (κ2) is 4.53. The van der Waals surface area contributed by atoms with Crippen molar-refractivity contribution < 1.29 is 0 Å². The van der Waals surface area contributed by atoms with Gasteiger partial charge in [-0.1, -0.05) is 0 Å². The van der Waals surface area contributed by atoms with Crippen molar-refractivity contribution in [2.75, 3.05) is 23.3 Å². The Kier molecular flexibility index (Phi) is 3.28. The first-order chi connectivity index (χ1) is 7.59. The van der Waals surface area contributed by atoms with Crippen LogP contribution in [0.3, 0.4) is 0 Å². The molecule has 0 amide bonds. The van der Waals surface area contributed by atoms with Gasteiger partial charge >= 0.3 is 0 Å². The van der Waals surface area contributed by atoms with Crippen LogP contribution in [0.15, 0.2) is 12.3 Å². The van der Waals surface area contributed by atoms with Crippen LogP contribution in [0, 0.1) is 6.92 Å². The molecule has 3 N–H and O–H groups in total. The summed E-state index contributed by atoms with van der Waals surface area (Å²) in [6.07, 6.45) is 4.43. The first kappa shape index (κ1) is 11.6. The van der Waals surface area contributed by atoms with Crippen LogP contribution in [0.1, 0.15) is 25.3 Å². The van der Waals surface area contributed by atoms with Crippen molar-refractivity contribution in [3.63, 3.8) is 0 Å². The molecular weight excluding hydrogens is 218 g/mol. The minimum Gasteiger partial charge on any atom is -0.398 e. The minimum atomic E-state index is 0.362. The van der Waals surface area contributed by atoms with Gasteiger partial charge in [-0.2, -0.15) is 11.8 Å². The van der Waals surface area contributed by atoms with E-state index < -0.39 is 0 Å². The first-order valence-corrected chi connectivity index (χ1v) is 6.68. The molecule has 1 aliphatic heterocycles. The molecule has 0 saturated carbocycles. The molecule has 1 fully saturated rings. The van der Waals surface area contributed by atoms with Gasteiger partial charge in [0.25, 0.3) is 0 Å². The fraction of sp³-hybridized carbons (Fsp3) is 0.583. The number of nitrogens with two attached hydrogens (primary N) is 1. The third kappa shape index (κ3) is 2.61. The highest BCUT2D eigenvalue weighted by atomic mass is 32.2. The van der Waals surface area contributed by atoms with Gasteiger partial charge in [-0.15, -0.1) is 0 Å². The summed E-state index contributed by atoms with van der Waals surface area (Å²) in [6.45, 7) is 5.25. The molecule has 1 atom stereocenters. The zero-order valence-electron chi connectivity index (χ0n) is 9.92. The van der Waals surface area contributed by atoms with Gasteiger partial charge in [-0.25, -0.2) is 4.98 Å². The van der Waals surface area contributed by atoms with E-state index in [1.165, 1.54) is 18.6 Å². The number of aromatic nitrogens is 1. The Labute approximate surface area is 101 Å². The molecule has 1 saturated heterocycles. The number of rotatable bonds is 3. The normalized spacial score (nSPS) is 24.6. The maximum absolute atomic E-state index is 5.85. The Morgan fingerprint density at radius 2 is 2.44 bits per heavy atom. The van der Waals surface area contributed by atoms with Crippen LogP contribution in [0.2, 0.25) is 0 Å². The number of anilines is 2. The highest BCUT2D eigenvalue weighted by Crippen LogP contribution is 2.37. The smallest absolute Gasteiger partial charge is 0.128 e. The fourth-order valence-electron chi connectivity index (χ4n) is 1.89. The monoisotopic (exact) mass is 237 g/mol. The summed E-state index contributed by atoms with van der Waals surface area (Å²) in [4.78, 5) is 4.33. The lowest BCUT2D eigenvalue weighted by molar-refractivity contribution is 0.634. The molecule has 1 aliphatic rings. The molecule has 2 heterocycles. The molecule has 1 unspecified atom stereocenters. The third-order valence-electron chi connectivity index (χ3n) is 3.09. The lowest BCUT2D eigenvalue weighted by Crippen LogP contribution is -2.27. The average Bonchev–Trinajstić information content (AvgIpc) is 2.68. The molecule has 3 nitrogen and oxygen atoms in total. The summed E-state index contributed by atoms with van der Waals surface area (Å²) in [6, 6.07) is 1.91. The minimum absolute atomic E-state index is 0.362. The van der Waals surface area contributed by atoms with Gasteiger partial charge in [0.15, 0.2) is 0 Å². The maximum Gasteiger partial charge on any atom is 0.128 e. The van der Waals surface area contributed by atoms with Crippen molar-refractivity contribution in [2.24, 2.45) is 0 Å². The van der Waals surface area contributed by atoms with Gasteiger partial charge in [-0.3, -0.25) is 0 Å². The molecule has 1 aromatic rings. The van der Waals surface area contributed by atoms with E-state index >= 15 is 0 Å². The number of hydrogen-bond donors (Lipinski definition) is 2. The van der Waals surface area contributed by atoms with E-state index in [-0.39, 0.29) is 0 Å². The van der Waals surface area contributed by atoms with Crippen molar-refractivity contribution in [3.8, 4) is 0 Å². The van der Waals surface area contributed by atoms with E-state index in [9.17, 15) is 0 Å². The van der Waals surface area contributed by atoms with Crippen molar-refractivity contribution in [1.29, 1.82) is 0 Å². The predicted molar refractivity (Wildman–Crippen MR) is 72.0 cm³/mol. The van der Waals surface area contributed by atoms with E-state index in [0.29, 0.717) is 4.75 Å². The zero-order chi connectivity index (χ0) is 11.6. The number of nitrogens with one attached hydrogen (secondary N) is 1. The van der Waals surface area contributed by atoms with E-state index in [4.69, 9.17) is 5.73 Å². The highest BCUT2D eigenvalue weighted by Gasteiger charge is 2.29. The second-order valence-electron chi connectivity index (χ2n) is 4.68. The van der Waals surface area contributed by atoms with Crippen LogP contribution in [0.4, 0.5) is 11.5 Å². The van der Waals surface area contributed by atoms with Crippen LogP contribution >= 0.6 is 11.8 Å². The van der Waals surface area contributed by atoms with Crippen molar-refractivity contribution in [1.82, 2.24) is 4.98 Å². The Morgan fingerprint density at radius 3 is 3.06 bits per heavy atom.